The van der Waals surface area contributed by atoms with E-state index in [2.05, 4.69) is 15.3 Å². The second kappa shape index (κ2) is 5.58. The van der Waals surface area contributed by atoms with Gasteiger partial charge in [-0.1, -0.05) is 19.3 Å². The van der Waals surface area contributed by atoms with Crippen molar-refractivity contribution in [1.29, 1.82) is 0 Å². The largest absolute Gasteiger partial charge is 0.367 e. The Hall–Kier alpha value is -1.69. The summed E-state index contributed by atoms with van der Waals surface area (Å²) in [6.07, 6.45) is 7.67. The van der Waals surface area contributed by atoms with Gasteiger partial charge in [-0.15, -0.1) is 0 Å². The highest BCUT2D eigenvalue weighted by Gasteiger charge is 2.14. The third kappa shape index (κ3) is 3.13. The van der Waals surface area contributed by atoms with E-state index in [-0.39, 0.29) is 5.82 Å². The normalized spacial score (nSPS) is 16.5. The number of nitrogens with zero attached hydrogens (tertiary/aromatic N) is 2. The van der Waals surface area contributed by atoms with E-state index in [1.54, 1.807) is 12.3 Å². The minimum absolute atomic E-state index is 0.0910. The molecule has 0 saturated heterocycles. The lowest BCUT2D eigenvalue weighted by Crippen LogP contribution is -2.32. The Morgan fingerprint density at radius 1 is 1.35 bits per heavy atom. The summed E-state index contributed by atoms with van der Waals surface area (Å²) in [6.45, 7) is 0. The van der Waals surface area contributed by atoms with Crippen LogP contribution in [0.1, 0.15) is 42.7 Å². The second-order valence-corrected chi connectivity index (χ2v) is 4.22. The summed E-state index contributed by atoms with van der Waals surface area (Å²) in [4.78, 5) is 19.3. The van der Waals surface area contributed by atoms with E-state index in [1.165, 1.54) is 19.3 Å². The van der Waals surface area contributed by atoms with Crippen molar-refractivity contribution in [3.8, 4) is 0 Å². The summed E-state index contributed by atoms with van der Waals surface area (Å²) in [5.74, 6) is 5.34. The lowest BCUT2D eigenvalue weighted by atomic mass is 9.95. The summed E-state index contributed by atoms with van der Waals surface area (Å²) in [7, 11) is 0. The molecule has 1 fully saturated rings. The van der Waals surface area contributed by atoms with Crippen molar-refractivity contribution in [3.05, 3.63) is 18.1 Å². The standard InChI is InChI=1S/C11H17N5O/c12-16-11(17)10-13-7-6-9(15-10)14-8-4-2-1-3-5-8/h6-8H,1-5,12H2,(H,16,17)(H,13,14,15). The number of hydrogen-bond acceptors (Lipinski definition) is 5. The molecule has 0 aliphatic heterocycles. The van der Waals surface area contributed by atoms with Crippen LogP contribution in [0, 0.1) is 0 Å². The Labute approximate surface area is 100.0 Å². The number of aromatic nitrogens is 2. The predicted octanol–water partition coefficient (Wildman–Crippen LogP) is 0.825. The maximum Gasteiger partial charge on any atom is 0.303 e. The molecular formula is C11H17N5O. The van der Waals surface area contributed by atoms with E-state index < -0.39 is 5.91 Å². The Morgan fingerprint density at radius 3 is 2.82 bits per heavy atom. The molecule has 1 saturated carbocycles. The molecule has 1 amide bonds. The lowest BCUT2D eigenvalue weighted by Gasteiger charge is -2.23. The van der Waals surface area contributed by atoms with Crippen LogP contribution in [0.2, 0.25) is 0 Å². The van der Waals surface area contributed by atoms with Gasteiger partial charge in [-0.2, -0.15) is 0 Å². The van der Waals surface area contributed by atoms with Crippen molar-refractivity contribution in [2.75, 3.05) is 5.32 Å². The molecule has 1 aliphatic carbocycles. The molecule has 0 spiro atoms. The van der Waals surface area contributed by atoms with Crippen LogP contribution in [0.15, 0.2) is 12.3 Å². The highest BCUT2D eigenvalue weighted by Crippen LogP contribution is 2.20. The second-order valence-electron chi connectivity index (χ2n) is 4.22. The van der Waals surface area contributed by atoms with Crippen LogP contribution in [-0.2, 0) is 0 Å². The Bertz CT molecular complexity index is 389. The number of hydrazine groups is 1. The first-order valence-electron chi connectivity index (χ1n) is 5.90. The molecule has 1 heterocycles. The molecule has 2 rings (SSSR count). The first-order chi connectivity index (χ1) is 8.29. The fraction of sp³-hybridized carbons (Fsp3) is 0.545. The minimum atomic E-state index is -0.475. The smallest absolute Gasteiger partial charge is 0.303 e. The van der Waals surface area contributed by atoms with Crippen LogP contribution < -0.4 is 16.6 Å². The molecule has 0 atom stereocenters. The van der Waals surface area contributed by atoms with Crippen LogP contribution in [0.25, 0.3) is 0 Å². The molecule has 4 N–H and O–H groups in total. The summed E-state index contributed by atoms with van der Waals surface area (Å²) in [6, 6.07) is 2.22. The zero-order valence-corrected chi connectivity index (χ0v) is 9.65. The highest BCUT2D eigenvalue weighted by molar-refractivity contribution is 5.90. The molecule has 0 aromatic carbocycles. The fourth-order valence-electron chi connectivity index (χ4n) is 2.07. The van der Waals surface area contributed by atoms with Gasteiger partial charge in [-0.25, -0.2) is 15.8 Å². The minimum Gasteiger partial charge on any atom is -0.367 e. The molecule has 1 aliphatic rings. The van der Waals surface area contributed by atoms with E-state index in [0.29, 0.717) is 11.9 Å². The Balaban J connectivity index is 2.02. The van der Waals surface area contributed by atoms with E-state index in [4.69, 9.17) is 5.84 Å². The average molecular weight is 235 g/mol. The summed E-state index contributed by atoms with van der Waals surface area (Å²) in [5, 5.41) is 3.33. The van der Waals surface area contributed by atoms with Crippen LogP contribution in [0.3, 0.4) is 0 Å². The predicted molar refractivity (Wildman–Crippen MR) is 64.2 cm³/mol. The number of nitrogens with one attached hydrogen (secondary N) is 2. The van der Waals surface area contributed by atoms with E-state index in [0.717, 1.165) is 12.8 Å². The molecule has 6 nitrogen and oxygen atoms in total. The first-order valence-corrected chi connectivity index (χ1v) is 5.90. The van der Waals surface area contributed by atoms with Gasteiger partial charge in [-0.05, 0) is 18.9 Å². The maximum absolute atomic E-state index is 11.3. The number of nitrogen functional groups attached to an aromatic ring is 1. The molecule has 6 heteroatoms. The van der Waals surface area contributed by atoms with Crippen molar-refractivity contribution in [2.24, 2.45) is 5.84 Å². The van der Waals surface area contributed by atoms with Gasteiger partial charge in [0.1, 0.15) is 5.82 Å². The Morgan fingerprint density at radius 2 is 2.12 bits per heavy atom. The molecule has 0 unspecified atom stereocenters. The van der Waals surface area contributed by atoms with Gasteiger partial charge in [0.05, 0.1) is 0 Å². The van der Waals surface area contributed by atoms with Gasteiger partial charge in [0.2, 0.25) is 5.82 Å². The number of amides is 1. The molecule has 1 aromatic heterocycles. The van der Waals surface area contributed by atoms with Crippen LogP contribution in [0.5, 0.6) is 0 Å². The number of rotatable bonds is 3. The number of hydrogen-bond donors (Lipinski definition) is 3. The number of carbonyl (C=O) groups excluding carboxylic acids is 1. The molecule has 0 radical (unpaired) electrons. The average Bonchev–Trinajstić information content (AvgIpc) is 2.39. The Kier molecular flexibility index (Phi) is 3.87. The summed E-state index contributed by atoms with van der Waals surface area (Å²) in [5.41, 5.74) is 2.02. The summed E-state index contributed by atoms with van der Waals surface area (Å²) >= 11 is 0. The molecule has 92 valence electrons. The molecular weight excluding hydrogens is 218 g/mol. The van der Waals surface area contributed by atoms with E-state index in [1.807, 2.05) is 5.43 Å². The number of carbonyl (C=O) groups is 1. The zero-order chi connectivity index (χ0) is 12.1. The van der Waals surface area contributed by atoms with Crippen molar-refractivity contribution in [2.45, 2.75) is 38.1 Å². The van der Waals surface area contributed by atoms with Gasteiger partial charge < -0.3 is 5.32 Å². The van der Waals surface area contributed by atoms with Gasteiger partial charge in [0, 0.05) is 12.2 Å². The third-order valence-electron chi connectivity index (χ3n) is 2.95. The molecule has 0 bridgehead atoms. The van der Waals surface area contributed by atoms with Gasteiger partial charge in [-0.3, -0.25) is 10.2 Å². The van der Waals surface area contributed by atoms with Gasteiger partial charge in [0.15, 0.2) is 0 Å². The SMILES string of the molecule is NNC(=O)c1nccc(NC2CCCCC2)n1. The first kappa shape index (κ1) is 11.8. The van der Waals surface area contributed by atoms with Gasteiger partial charge in [0.25, 0.3) is 0 Å². The van der Waals surface area contributed by atoms with Crippen LogP contribution >= 0.6 is 0 Å². The van der Waals surface area contributed by atoms with Crippen molar-refractivity contribution in [3.63, 3.8) is 0 Å². The van der Waals surface area contributed by atoms with Crippen LogP contribution in [0.4, 0.5) is 5.82 Å². The summed E-state index contributed by atoms with van der Waals surface area (Å²) < 4.78 is 0. The van der Waals surface area contributed by atoms with E-state index >= 15 is 0 Å². The zero-order valence-electron chi connectivity index (χ0n) is 9.65. The van der Waals surface area contributed by atoms with Crippen molar-refractivity contribution < 1.29 is 4.79 Å². The molecule has 1 aromatic rings. The highest BCUT2D eigenvalue weighted by atomic mass is 16.2. The maximum atomic E-state index is 11.3. The third-order valence-corrected chi connectivity index (χ3v) is 2.95. The van der Waals surface area contributed by atoms with Crippen molar-refractivity contribution in [1.82, 2.24) is 15.4 Å². The molecule has 17 heavy (non-hydrogen) atoms. The van der Waals surface area contributed by atoms with Crippen LogP contribution in [-0.4, -0.2) is 21.9 Å². The monoisotopic (exact) mass is 235 g/mol. The quantitative estimate of drug-likeness (QED) is 0.410. The number of nitrogens with two attached hydrogens (primary N) is 1. The van der Waals surface area contributed by atoms with Gasteiger partial charge >= 0.3 is 5.91 Å². The fourth-order valence-corrected chi connectivity index (χ4v) is 2.07. The topological polar surface area (TPSA) is 92.9 Å². The van der Waals surface area contributed by atoms with E-state index in [9.17, 15) is 4.79 Å². The van der Waals surface area contributed by atoms with Crippen molar-refractivity contribution >= 4 is 11.7 Å². The lowest BCUT2D eigenvalue weighted by molar-refractivity contribution is 0.0943. The number of anilines is 1.